The predicted molar refractivity (Wildman–Crippen MR) is 190 cm³/mol. The van der Waals surface area contributed by atoms with E-state index in [9.17, 15) is 36.2 Å². The molecular weight excluding hydrogens is 681 g/mol. The van der Waals surface area contributed by atoms with Crippen LogP contribution >= 0.6 is 0 Å². The Morgan fingerprint density at radius 3 is 1.16 bits per heavy atom. The van der Waals surface area contributed by atoms with Crippen LogP contribution in [0.4, 0.5) is 22.7 Å². The van der Waals surface area contributed by atoms with Crippen LogP contribution in [0.5, 0.6) is 11.5 Å². The summed E-state index contributed by atoms with van der Waals surface area (Å²) in [5.41, 5.74) is 4.14. The highest BCUT2D eigenvalue weighted by molar-refractivity contribution is 7.86. The minimum absolute atomic E-state index is 0.119. The molecule has 6 aromatic carbocycles. The fourth-order valence-corrected chi connectivity index (χ4v) is 7.14. The molecule has 0 aliphatic rings. The second kappa shape index (κ2) is 13.4. The minimum Gasteiger partial charge on any atom is -0.505 e. The molecule has 0 unspecified atom stereocenters. The minimum atomic E-state index is -4.61. The lowest BCUT2D eigenvalue weighted by Gasteiger charge is -2.11. The number of aryl methyl sites for hydroxylation is 2. The van der Waals surface area contributed by atoms with E-state index >= 15 is 0 Å². The summed E-state index contributed by atoms with van der Waals surface area (Å²) in [6.07, 6.45) is 1.16. The number of rotatable bonds is 9. The van der Waals surface area contributed by atoms with Crippen LogP contribution < -0.4 is 0 Å². The summed E-state index contributed by atoms with van der Waals surface area (Å²) in [6, 6.07) is 25.7. The average molecular weight is 711 g/mol. The third-order valence-corrected chi connectivity index (χ3v) is 10.0. The van der Waals surface area contributed by atoms with E-state index in [-0.39, 0.29) is 44.4 Å². The molecule has 0 saturated heterocycles. The van der Waals surface area contributed by atoms with E-state index in [4.69, 9.17) is 0 Å². The quantitative estimate of drug-likeness (QED) is 0.0839. The first-order valence-electron chi connectivity index (χ1n) is 15.3. The first kappa shape index (κ1) is 34.3. The van der Waals surface area contributed by atoms with Crippen LogP contribution in [0, 0.1) is 0 Å². The number of hydrogen-bond donors (Lipinski definition) is 4. The monoisotopic (exact) mass is 710 g/mol. The lowest BCUT2D eigenvalue weighted by Crippen LogP contribution is -1.99. The zero-order chi connectivity index (χ0) is 35.8. The van der Waals surface area contributed by atoms with Gasteiger partial charge >= 0.3 is 0 Å². The van der Waals surface area contributed by atoms with Gasteiger partial charge in [-0.2, -0.15) is 27.1 Å². The summed E-state index contributed by atoms with van der Waals surface area (Å²) < 4.78 is 67.9. The molecule has 0 fully saturated rings. The maximum Gasteiger partial charge on any atom is 0.295 e. The Morgan fingerprint density at radius 1 is 0.480 bits per heavy atom. The Bertz CT molecular complexity index is 2420. The van der Waals surface area contributed by atoms with Gasteiger partial charge in [-0.3, -0.25) is 9.11 Å². The molecule has 12 nitrogen and oxygen atoms in total. The van der Waals surface area contributed by atoms with E-state index in [1.165, 1.54) is 24.3 Å². The van der Waals surface area contributed by atoms with Crippen LogP contribution in [0.25, 0.3) is 32.7 Å². The standard InChI is InChI=1S/C36H30N4O8S2/c1-3-21-17-23(13-15-29(21)37-39-31-19-33(49(43,44)45)25-9-5-7-11-27(25)35(31)41)24-14-16-30(22(4-2)18-24)38-40-32-20-34(50(46,47)48)26-10-6-8-12-28(26)36(32)42/h5-20,41-42H,3-4H2,1-2H3,(H,43,44,45)(H,46,47,48)/b39-37+,40-38+. The van der Waals surface area contributed by atoms with Crippen molar-refractivity contribution in [3.05, 3.63) is 108 Å². The predicted octanol–water partition coefficient (Wildman–Crippen LogP) is 9.52. The zero-order valence-corrected chi connectivity index (χ0v) is 28.3. The smallest absolute Gasteiger partial charge is 0.295 e. The Morgan fingerprint density at radius 2 is 0.820 bits per heavy atom. The van der Waals surface area contributed by atoms with Gasteiger partial charge in [-0.1, -0.05) is 74.5 Å². The topological polar surface area (TPSA) is 199 Å². The fraction of sp³-hybridized carbons (Fsp3) is 0.111. The largest absolute Gasteiger partial charge is 0.505 e. The van der Waals surface area contributed by atoms with Gasteiger partial charge in [-0.25, -0.2) is 0 Å². The summed E-state index contributed by atoms with van der Waals surface area (Å²) in [6.45, 7) is 3.89. The van der Waals surface area contributed by atoms with Crippen molar-refractivity contribution < 1.29 is 36.2 Å². The first-order valence-corrected chi connectivity index (χ1v) is 18.2. The maximum absolute atomic E-state index is 12.1. The van der Waals surface area contributed by atoms with E-state index in [0.717, 1.165) is 34.4 Å². The molecule has 0 aliphatic heterocycles. The van der Waals surface area contributed by atoms with Gasteiger partial charge in [-0.15, -0.1) is 10.2 Å². The van der Waals surface area contributed by atoms with Crippen LogP contribution in [0.1, 0.15) is 25.0 Å². The molecule has 0 spiro atoms. The third-order valence-electron chi connectivity index (χ3n) is 8.26. The molecule has 0 saturated carbocycles. The normalized spacial score (nSPS) is 12.5. The van der Waals surface area contributed by atoms with E-state index in [2.05, 4.69) is 20.5 Å². The molecule has 254 valence electrons. The van der Waals surface area contributed by atoms with Crippen molar-refractivity contribution in [1.82, 2.24) is 0 Å². The molecule has 0 atom stereocenters. The molecule has 0 bridgehead atoms. The second-order valence-electron chi connectivity index (χ2n) is 11.3. The van der Waals surface area contributed by atoms with Crippen LogP contribution in [0.3, 0.4) is 0 Å². The van der Waals surface area contributed by atoms with Crippen molar-refractivity contribution in [2.75, 3.05) is 0 Å². The number of benzene rings is 6. The average Bonchev–Trinajstić information content (AvgIpc) is 3.10. The number of nitrogens with zero attached hydrogens (tertiary/aromatic N) is 4. The summed E-state index contributed by atoms with van der Waals surface area (Å²) in [5.74, 6) is -0.545. The van der Waals surface area contributed by atoms with Crippen molar-refractivity contribution >= 4 is 64.5 Å². The number of azo groups is 2. The van der Waals surface area contributed by atoms with Crippen molar-refractivity contribution in [3.63, 3.8) is 0 Å². The second-order valence-corrected chi connectivity index (χ2v) is 14.1. The summed E-state index contributed by atoms with van der Waals surface area (Å²) in [4.78, 5) is -0.782. The molecule has 0 aromatic heterocycles. The van der Waals surface area contributed by atoms with Gasteiger partial charge in [-0.05, 0) is 71.5 Å². The van der Waals surface area contributed by atoms with Gasteiger partial charge in [0.25, 0.3) is 20.2 Å². The highest BCUT2D eigenvalue weighted by Gasteiger charge is 2.21. The number of phenolic OH excluding ortho intramolecular Hbond substituents is 2. The fourth-order valence-electron chi connectivity index (χ4n) is 5.71. The zero-order valence-electron chi connectivity index (χ0n) is 26.7. The van der Waals surface area contributed by atoms with Crippen molar-refractivity contribution in [3.8, 4) is 22.6 Å². The van der Waals surface area contributed by atoms with Crippen LogP contribution in [0.15, 0.2) is 127 Å². The molecule has 6 aromatic rings. The Balaban J connectivity index is 1.32. The molecule has 6 rings (SSSR count). The van der Waals surface area contributed by atoms with E-state index in [1.54, 1.807) is 36.4 Å². The number of phenols is 2. The van der Waals surface area contributed by atoms with E-state index in [0.29, 0.717) is 24.2 Å². The summed E-state index contributed by atoms with van der Waals surface area (Å²) in [5, 5.41) is 39.3. The lowest BCUT2D eigenvalue weighted by atomic mass is 9.98. The Kier molecular flexibility index (Phi) is 9.20. The van der Waals surface area contributed by atoms with Gasteiger partial charge in [0.1, 0.15) is 21.2 Å². The lowest BCUT2D eigenvalue weighted by molar-refractivity contribution is 0.477. The van der Waals surface area contributed by atoms with Gasteiger partial charge in [0, 0.05) is 21.5 Å². The number of aromatic hydroxyl groups is 2. The van der Waals surface area contributed by atoms with Crippen LogP contribution in [-0.2, 0) is 33.1 Å². The molecular formula is C36H30N4O8S2. The third kappa shape index (κ3) is 6.69. The number of hydrogen-bond acceptors (Lipinski definition) is 10. The summed E-state index contributed by atoms with van der Waals surface area (Å²) >= 11 is 0. The van der Waals surface area contributed by atoms with Gasteiger partial charge < -0.3 is 10.2 Å². The highest BCUT2D eigenvalue weighted by Crippen LogP contribution is 2.42. The van der Waals surface area contributed by atoms with Gasteiger partial charge in [0.05, 0.1) is 11.4 Å². The molecule has 4 N–H and O–H groups in total. The molecule has 0 heterocycles. The van der Waals surface area contributed by atoms with Crippen LogP contribution in [0.2, 0.25) is 0 Å². The Hall–Kier alpha value is -5.54. The summed E-state index contributed by atoms with van der Waals surface area (Å²) in [7, 11) is -9.22. The highest BCUT2D eigenvalue weighted by atomic mass is 32.2. The molecule has 0 radical (unpaired) electrons. The van der Waals surface area contributed by atoms with Gasteiger partial charge in [0.15, 0.2) is 11.5 Å². The molecule has 0 aliphatic carbocycles. The first-order chi connectivity index (χ1) is 23.8. The van der Waals surface area contributed by atoms with Crippen molar-refractivity contribution in [2.24, 2.45) is 20.5 Å². The van der Waals surface area contributed by atoms with Gasteiger partial charge in [0.2, 0.25) is 0 Å². The van der Waals surface area contributed by atoms with Crippen molar-refractivity contribution in [2.45, 2.75) is 36.5 Å². The van der Waals surface area contributed by atoms with E-state index in [1.807, 2.05) is 38.1 Å². The molecule has 50 heavy (non-hydrogen) atoms. The number of fused-ring (bicyclic) bond motifs is 2. The maximum atomic E-state index is 12.1. The van der Waals surface area contributed by atoms with Crippen LogP contribution in [-0.4, -0.2) is 36.2 Å². The van der Waals surface area contributed by atoms with E-state index < -0.39 is 30.0 Å². The molecule has 0 amide bonds. The Labute approximate surface area is 287 Å². The SMILES string of the molecule is CCc1cc(-c2ccc(/N=N/c3cc(S(=O)(=O)O)c4ccccc4c3O)c(CC)c2)ccc1/N=N/c1cc(S(=O)(=O)O)c2ccccc2c1O. The molecule has 14 heteroatoms. The van der Waals surface area contributed by atoms with Crippen molar-refractivity contribution in [1.29, 1.82) is 0 Å².